The molecule has 2 rings (SSSR count). The van der Waals surface area contributed by atoms with E-state index in [-0.39, 0.29) is 5.91 Å². The molecule has 0 saturated carbocycles. The summed E-state index contributed by atoms with van der Waals surface area (Å²) in [5, 5.41) is 3.07. The molecule has 1 saturated heterocycles. The van der Waals surface area contributed by atoms with Gasteiger partial charge in [0.1, 0.15) is 0 Å². The molecule has 0 aliphatic carbocycles. The van der Waals surface area contributed by atoms with Crippen molar-refractivity contribution >= 4 is 5.91 Å². The maximum absolute atomic E-state index is 11.5. The lowest BCUT2D eigenvalue weighted by Gasteiger charge is -2.30. The molecule has 0 aromatic heterocycles. The Hall–Kier alpha value is -1.29. The lowest BCUT2D eigenvalue weighted by Crippen LogP contribution is -2.49. The highest BCUT2D eigenvalue weighted by Gasteiger charge is 2.17. The van der Waals surface area contributed by atoms with Crippen molar-refractivity contribution < 1.29 is 4.79 Å². The monoisotopic (exact) mass is 207 g/mol. The Morgan fingerprint density at radius 2 is 2.27 bits per heavy atom. The number of hydrogen-bond acceptors (Lipinski definition) is 3. The molecule has 2 heterocycles. The van der Waals surface area contributed by atoms with Gasteiger partial charge in [0, 0.05) is 32.7 Å². The van der Waals surface area contributed by atoms with Crippen LogP contribution in [0.4, 0.5) is 0 Å². The number of carbonyl (C=O) groups excluding carboxylic acids is 1. The first-order valence-electron chi connectivity index (χ1n) is 5.42. The molecule has 2 aliphatic heterocycles. The van der Waals surface area contributed by atoms with E-state index in [2.05, 4.69) is 22.5 Å². The summed E-state index contributed by atoms with van der Waals surface area (Å²) in [4.78, 5) is 15.6. The highest BCUT2D eigenvalue weighted by atomic mass is 16.2. The first-order valence-corrected chi connectivity index (χ1v) is 5.42. The first-order chi connectivity index (χ1) is 7.36. The molecule has 0 spiro atoms. The summed E-state index contributed by atoms with van der Waals surface area (Å²) in [5.74, 6) is 0.220. The van der Waals surface area contributed by atoms with E-state index in [1.165, 1.54) is 0 Å². The van der Waals surface area contributed by atoms with Gasteiger partial charge < -0.3 is 15.1 Å². The van der Waals surface area contributed by atoms with Crippen molar-refractivity contribution in [1.82, 2.24) is 15.1 Å². The molecule has 15 heavy (non-hydrogen) atoms. The number of carbonyl (C=O) groups is 1. The largest absolute Gasteiger partial charge is 0.372 e. The summed E-state index contributed by atoms with van der Waals surface area (Å²) in [6, 6.07) is 0. The summed E-state index contributed by atoms with van der Waals surface area (Å²) in [6.45, 7) is 4.96. The highest BCUT2D eigenvalue weighted by Crippen LogP contribution is 2.00. The van der Waals surface area contributed by atoms with Crippen LogP contribution in [0.2, 0.25) is 0 Å². The van der Waals surface area contributed by atoms with Crippen LogP contribution in [0.15, 0.2) is 24.4 Å². The fourth-order valence-electron chi connectivity index (χ4n) is 1.80. The van der Waals surface area contributed by atoms with Crippen molar-refractivity contribution in [3.63, 3.8) is 0 Å². The number of nitrogens with one attached hydrogen (secondary N) is 1. The Morgan fingerprint density at radius 1 is 1.33 bits per heavy atom. The van der Waals surface area contributed by atoms with Gasteiger partial charge in [0.25, 0.3) is 0 Å². The molecule has 4 heteroatoms. The van der Waals surface area contributed by atoms with Crippen LogP contribution in [0, 0.1) is 0 Å². The Bertz CT molecular complexity index is 286. The summed E-state index contributed by atoms with van der Waals surface area (Å²) in [6.07, 6.45) is 8.28. The molecule has 1 amide bonds. The molecule has 0 atom stereocenters. The molecule has 0 aromatic carbocycles. The Balaban J connectivity index is 1.74. The molecule has 4 nitrogen and oxygen atoms in total. The fourth-order valence-corrected chi connectivity index (χ4v) is 1.80. The van der Waals surface area contributed by atoms with Crippen LogP contribution in [-0.2, 0) is 4.79 Å². The van der Waals surface area contributed by atoms with E-state index in [1.807, 2.05) is 17.1 Å². The number of nitrogens with zero attached hydrogens (tertiary/aromatic N) is 2. The van der Waals surface area contributed by atoms with Crippen LogP contribution in [0.1, 0.15) is 0 Å². The van der Waals surface area contributed by atoms with Gasteiger partial charge in [0.05, 0.1) is 6.54 Å². The predicted octanol–water partition coefficient (Wildman–Crippen LogP) is -0.196. The van der Waals surface area contributed by atoms with E-state index in [0.29, 0.717) is 6.54 Å². The third-order valence-electron chi connectivity index (χ3n) is 2.73. The van der Waals surface area contributed by atoms with E-state index in [9.17, 15) is 4.79 Å². The van der Waals surface area contributed by atoms with Crippen LogP contribution in [-0.4, -0.2) is 55.0 Å². The average Bonchev–Trinajstić information content (AvgIpc) is 2.29. The molecule has 0 radical (unpaired) electrons. The minimum atomic E-state index is 0.220. The third-order valence-corrected chi connectivity index (χ3v) is 2.73. The van der Waals surface area contributed by atoms with Gasteiger partial charge in [-0.3, -0.25) is 4.79 Å². The smallest absolute Gasteiger partial charge is 0.236 e. The van der Waals surface area contributed by atoms with Crippen molar-refractivity contribution in [3.8, 4) is 0 Å². The van der Waals surface area contributed by atoms with Crippen LogP contribution in [0.25, 0.3) is 0 Å². The fraction of sp³-hybridized carbons (Fsp3) is 0.545. The number of allylic oxidation sites excluding steroid dienone is 2. The topological polar surface area (TPSA) is 35.6 Å². The Kier molecular flexibility index (Phi) is 3.40. The second-order valence-electron chi connectivity index (χ2n) is 3.82. The van der Waals surface area contributed by atoms with Gasteiger partial charge in [0.2, 0.25) is 5.91 Å². The lowest BCUT2D eigenvalue weighted by atomic mass is 10.3. The van der Waals surface area contributed by atoms with Crippen LogP contribution >= 0.6 is 0 Å². The average molecular weight is 207 g/mol. The summed E-state index contributed by atoms with van der Waals surface area (Å²) >= 11 is 0. The van der Waals surface area contributed by atoms with Crippen LogP contribution < -0.4 is 5.32 Å². The van der Waals surface area contributed by atoms with Gasteiger partial charge in [-0.2, -0.15) is 0 Å². The number of piperazine rings is 1. The number of rotatable bonds is 3. The van der Waals surface area contributed by atoms with Crippen molar-refractivity contribution in [2.75, 3.05) is 39.3 Å². The minimum Gasteiger partial charge on any atom is -0.372 e. The highest BCUT2D eigenvalue weighted by molar-refractivity contribution is 5.78. The van der Waals surface area contributed by atoms with Crippen molar-refractivity contribution in [3.05, 3.63) is 24.4 Å². The van der Waals surface area contributed by atoms with Gasteiger partial charge in [0.15, 0.2) is 0 Å². The third kappa shape index (κ3) is 2.83. The van der Waals surface area contributed by atoms with E-state index >= 15 is 0 Å². The maximum atomic E-state index is 11.5. The van der Waals surface area contributed by atoms with Crippen molar-refractivity contribution in [2.45, 2.75) is 0 Å². The summed E-state index contributed by atoms with van der Waals surface area (Å²) in [7, 11) is 0. The van der Waals surface area contributed by atoms with Crippen LogP contribution in [0.5, 0.6) is 0 Å². The van der Waals surface area contributed by atoms with Crippen molar-refractivity contribution in [2.24, 2.45) is 0 Å². The molecule has 0 unspecified atom stereocenters. The Morgan fingerprint density at radius 3 is 3.00 bits per heavy atom. The van der Waals surface area contributed by atoms with Gasteiger partial charge in [-0.15, -0.1) is 0 Å². The zero-order chi connectivity index (χ0) is 10.5. The van der Waals surface area contributed by atoms with Gasteiger partial charge in [-0.05, 0) is 12.3 Å². The standard InChI is InChI=1S/C11H17N3O/c15-11-10-12-4-7-14(11)9-8-13-5-2-1-3-6-13/h1-3,5,12H,4,6-10H2. The van der Waals surface area contributed by atoms with Gasteiger partial charge in [-0.25, -0.2) is 0 Å². The second kappa shape index (κ2) is 4.98. The van der Waals surface area contributed by atoms with E-state index in [0.717, 1.165) is 32.7 Å². The molecule has 82 valence electrons. The van der Waals surface area contributed by atoms with Crippen LogP contribution in [0.3, 0.4) is 0 Å². The van der Waals surface area contributed by atoms with Gasteiger partial charge in [-0.1, -0.05) is 12.2 Å². The minimum absolute atomic E-state index is 0.220. The van der Waals surface area contributed by atoms with E-state index in [4.69, 9.17) is 0 Å². The molecule has 1 N–H and O–H groups in total. The summed E-state index contributed by atoms with van der Waals surface area (Å²) < 4.78 is 0. The molecule has 0 aromatic rings. The van der Waals surface area contributed by atoms with Crippen molar-refractivity contribution in [1.29, 1.82) is 0 Å². The van der Waals surface area contributed by atoms with E-state index < -0.39 is 0 Å². The number of hydrogen-bond donors (Lipinski definition) is 1. The second-order valence-corrected chi connectivity index (χ2v) is 3.82. The molecular formula is C11H17N3O. The SMILES string of the molecule is O=C1CNCCN1CCN1C=CC=CC1. The molecular weight excluding hydrogens is 190 g/mol. The van der Waals surface area contributed by atoms with E-state index in [1.54, 1.807) is 0 Å². The zero-order valence-corrected chi connectivity index (χ0v) is 8.85. The lowest BCUT2D eigenvalue weighted by molar-refractivity contribution is -0.132. The maximum Gasteiger partial charge on any atom is 0.236 e. The molecule has 0 bridgehead atoms. The number of amides is 1. The van der Waals surface area contributed by atoms with Gasteiger partial charge >= 0.3 is 0 Å². The quantitative estimate of drug-likeness (QED) is 0.696. The first kappa shape index (κ1) is 10.2. The normalized spacial score (nSPS) is 21.2. The molecule has 2 aliphatic rings. The zero-order valence-electron chi connectivity index (χ0n) is 8.85. The molecule has 1 fully saturated rings. The predicted molar refractivity (Wildman–Crippen MR) is 59.3 cm³/mol. The summed E-state index contributed by atoms with van der Waals surface area (Å²) in [5.41, 5.74) is 0. The Labute approximate surface area is 90.2 Å².